The minimum absolute atomic E-state index is 0.152. The Kier molecular flexibility index (Phi) is 3.77. The summed E-state index contributed by atoms with van der Waals surface area (Å²) in [5.74, 6) is -0.321. The highest BCUT2D eigenvalue weighted by Crippen LogP contribution is 2.37. The van der Waals surface area contributed by atoms with Gasteiger partial charge >= 0.3 is 5.97 Å². The lowest BCUT2D eigenvalue weighted by Gasteiger charge is -2.18. The van der Waals surface area contributed by atoms with Gasteiger partial charge in [0.25, 0.3) is 0 Å². The SMILES string of the molecule is COc1ccc(C(=O)O)cc1-c1cn(C)nc1C(C)(C)C. The summed E-state index contributed by atoms with van der Waals surface area (Å²) in [6.45, 7) is 6.23. The summed E-state index contributed by atoms with van der Waals surface area (Å²) < 4.78 is 7.12. The van der Waals surface area contributed by atoms with E-state index in [9.17, 15) is 9.90 Å². The molecule has 0 fully saturated rings. The largest absolute Gasteiger partial charge is 0.496 e. The number of carboxylic acid groups (broad SMARTS) is 1. The van der Waals surface area contributed by atoms with E-state index in [-0.39, 0.29) is 11.0 Å². The van der Waals surface area contributed by atoms with Crippen molar-refractivity contribution < 1.29 is 14.6 Å². The summed E-state index contributed by atoms with van der Waals surface area (Å²) in [7, 11) is 3.43. The van der Waals surface area contributed by atoms with Gasteiger partial charge in [-0.2, -0.15) is 5.10 Å². The van der Waals surface area contributed by atoms with Gasteiger partial charge in [0.05, 0.1) is 18.4 Å². The lowest BCUT2D eigenvalue weighted by atomic mass is 9.87. The first-order valence-corrected chi connectivity index (χ1v) is 6.70. The van der Waals surface area contributed by atoms with Gasteiger partial charge in [-0.3, -0.25) is 4.68 Å². The predicted molar refractivity (Wildman–Crippen MR) is 80.9 cm³/mol. The van der Waals surface area contributed by atoms with Gasteiger partial charge in [0.1, 0.15) is 5.75 Å². The molecule has 1 heterocycles. The van der Waals surface area contributed by atoms with Crippen LogP contribution >= 0.6 is 0 Å². The van der Waals surface area contributed by atoms with E-state index in [0.717, 1.165) is 16.8 Å². The van der Waals surface area contributed by atoms with E-state index in [1.54, 1.807) is 23.9 Å². The number of ether oxygens (including phenoxy) is 1. The van der Waals surface area contributed by atoms with Gasteiger partial charge in [-0.05, 0) is 18.2 Å². The molecular formula is C16H20N2O3. The molecule has 0 radical (unpaired) electrons. The molecule has 2 rings (SSSR count). The Morgan fingerprint density at radius 2 is 1.95 bits per heavy atom. The zero-order valence-corrected chi connectivity index (χ0v) is 13.0. The molecule has 1 aromatic heterocycles. The fourth-order valence-corrected chi connectivity index (χ4v) is 2.29. The van der Waals surface area contributed by atoms with Crippen LogP contribution in [-0.4, -0.2) is 28.0 Å². The fourth-order valence-electron chi connectivity index (χ4n) is 2.29. The minimum Gasteiger partial charge on any atom is -0.496 e. The highest BCUT2D eigenvalue weighted by Gasteiger charge is 2.25. The maximum absolute atomic E-state index is 11.2. The smallest absolute Gasteiger partial charge is 0.335 e. The predicted octanol–water partition coefficient (Wildman–Crippen LogP) is 3.09. The molecule has 5 heteroatoms. The van der Waals surface area contributed by atoms with Crippen LogP contribution in [0.2, 0.25) is 0 Å². The van der Waals surface area contributed by atoms with Crippen molar-refractivity contribution in [2.75, 3.05) is 7.11 Å². The van der Waals surface area contributed by atoms with E-state index in [2.05, 4.69) is 25.9 Å². The molecule has 112 valence electrons. The number of aromatic carboxylic acids is 1. The van der Waals surface area contributed by atoms with Gasteiger partial charge in [0, 0.05) is 29.8 Å². The van der Waals surface area contributed by atoms with Crippen molar-refractivity contribution in [3.8, 4) is 16.9 Å². The summed E-state index contributed by atoms with van der Waals surface area (Å²) in [6, 6.07) is 4.85. The molecule has 0 saturated heterocycles. The van der Waals surface area contributed by atoms with Crippen molar-refractivity contribution in [1.29, 1.82) is 0 Å². The number of hydrogen-bond acceptors (Lipinski definition) is 3. The van der Waals surface area contributed by atoms with Crippen molar-refractivity contribution in [3.05, 3.63) is 35.7 Å². The minimum atomic E-state index is -0.958. The van der Waals surface area contributed by atoms with Gasteiger partial charge in [-0.15, -0.1) is 0 Å². The van der Waals surface area contributed by atoms with Crippen LogP contribution in [0.5, 0.6) is 5.75 Å². The molecule has 0 saturated carbocycles. The first-order chi connectivity index (χ1) is 9.74. The Bertz CT molecular complexity index is 681. The van der Waals surface area contributed by atoms with E-state index in [4.69, 9.17) is 4.74 Å². The van der Waals surface area contributed by atoms with Crippen LogP contribution in [0, 0.1) is 0 Å². The van der Waals surface area contributed by atoms with Gasteiger partial charge in [0.15, 0.2) is 0 Å². The second kappa shape index (κ2) is 5.24. The standard InChI is InChI=1S/C16H20N2O3/c1-16(2,3)14-12(9-18(4)17-14)11-8-10(15(19)20)6-7-13(11)21-5/h6-9H,1-5H3,(H,19,20). The number of aromatic nitrogens is 2. The molecule has 21 heavy (non-hydrogen) atoms. The van der Waals surface area contributed by atoms with E-state index in [0.29, 0.717) is 5.75 Å². The highest BCUT2D eigenvalue weighted by molar-refractivity contribution is 5.90. The van der Waals surface area contributed by atoms with Crippen LogP contribution in [0.15, 0.2) is 24.4 Å². The molecule has 1 N–H and O–H groups in total. The topological polar surface area (TPSA) is 64.3 Å². The molecular weight excluding hydrogens is 268 g/mol. The number of rotatable bonds is 3. The summed E-state index contributed by atoms with van der Waals surface area (Å²) in [6.07, 6.45) is 1.89. The van der Waals surface area contributed by atoms with Crippen molar-refractivity contribution in [3.63, 3.8) is 0 Å². The lowest BCUT2D eigenvalue weighted by Crippen LogP contribution is -2.14. The Hall–Kier alpha value is -2.30. The number of hydrogen-bond donors (Lipinski definition) is 1. The maximum Gasteiger partial charge on any atom is 0.335 e. The number of carboxylic acids is 1. The molecule has 0 aliphatic rings. The number of carbonyl (C=O) groups is 1. The third-order valence-electron chi connectivity index (χ3n) is 3.28. The molecule has 0 spiro atoms. The number of aryl methyl sites for hydroxylation is 1. The number of benzene rings is 1. The zero-order valence-electron chi connectivity index (χ0n) is 13.0. The second-order valence-electron chi connectivity index (χ2n) is 6.04. The van der Waals surface area contributed by atoms with Crippen LogP contribution in [-0.2, 0) is 12.5 Å². The summed E-state index contributed by atoms with van der Waals surface area (Å²) in [5, 5.41) is 13.7. The molecule has 0 aliphatic heterocycles. The molecule has 0 aliphatic carbocycles. The van der Waals surface area contributed by atoms with E-state index in [1.165, 1.54) is 6.07 Å². The van der Waals surface area contributed by atoms with Crippen molar-refractivity contribution >= 4 is 5.97 Å². The van der Waals surface area contributed by atoms with Gasteiger partial charge in [-0.1, -0.05) is 20.8 Å². The third kappa shape index (κ3) is 2.91. The third-order valence-corrected chi connectivity index (χ3v) is 3.28. The van der Waals surface area contributed by atoms with Gasteiger partial charge in [0.2, 0.25) is 0 Å². The lowest BCUT2D eigenvalue weighted by molar-refractivity contribution is 0.0697. The molecule has 0 amide bonds. The van der Waals surface area contributed by atoms with E-state index < -0.39 is 5.97 Å². The van der Waals surface area contributed by atoms with Crippen LogP contribution in [0.25, 0.3) is 11.1 Å². The normalized spacial score (nSPS) is 11.5. The fraction of sp³-hybridized carbons (Fsp3) is 0.375. The molecule has 0 atom stereocenters. The van der Waals surface area contributed by atoms with Crippen molar-refractivity contribution in [1.82, 2.24) is 9.78 Å². The molecule has 2 aromatic rings. The summed E-state index contributed by atoms with van der Waals surface area (Å²) >= 11 is 0. The van der Waals surface area contributed by atoms with Crippen LogP contribution in [0.3, 0.4) is 0 Å². The number of methoxy groups -OCH3 is 1. The zero-order chi connectivity index (χ0) is 15.8. The Balaban J connectivity index is 2.71. The van der Waals surface area contributed by atoms with Gasteiger partial charge in [-0.25, -0.2) is 4.79 Å². The molecule has 0 unspecified atom stereocenters. The monoisotopic (exact) mass is 288 g/mol. The molecule has 1 aromatic carbocycles. The van der Waals surface area contributed by atoms with Crippen molar-refractivity contribution in [2.24, 2.45) is 7.05 Å². The average Bonchev–Trinajstić information content (AvgIpc) is 2.80. The van der Waals surface area contributed by atoms with E-state index >= 15 is 0 Å². The van der Waals surface area contributed by atoms with E-state index in [1.807, 2.05) is 13.2 Å². The number of nitrogens with zero attached hydrogens (tertiary/aromatic N) is 2. The highest BCUT2D eigenvalue weighted by atomic mass is 16.5. The average molecular weight is 288 g/mol. The summed E-state index contributed by atoms with van der Waals surface area (Å²) in [4.78, 5) is 11.2. The quantitative estimate of drug-likeness (QED) is 0.942. The first kappa shape index (κ1) is 15.1. The maximum atomic E-state index is 11.2. The first-order valence-electron chi connectivity index (χ1n) is 6.70. The Morgan fingerprint density at radius 1 is 1.29 bits per heavy atom. The van der Waals surface area contributed by atoms with Crippen LogP contribution < -0.4 is 4.74 Å². The molecule has 5 nitrogen and oxygen atoms in total. The molecule has 0 bridgehead atoms. The van der Waals surface area contributed by atoms with Crippen LogP contribution in [0.4, 0.5) is 0 Å². The van der Waals surface area contributed by atoms with Crippen LogP contribution in [0.1, 0.15) is 36.8 Å². The second-order valence-corrected chi connectivity index (χ2v) is 6.04. The Morgan fingerprint density at radius 3 is 2.48 bits per heavy atom. The Labute approximate surface area is 124 Å². The van der Waals surface area contributed by atoms with Gasteiger partial charge < -0.3 is 9.84 Å². The van der Waals surface area contributed by atoms with Crippen molar-refractivity contribution in [2.45, 2.75) is 26.2 Å². The summed E-state index contributed by atoms with van der Waals surface area (Å²) in [5.41, 5.74) is 2.63.